The van der Waals surface area contributed by atoms with E-state index in [1.54, 1.807) is 44.2 Å². The maximum Gasteiger partial charge on any atom is 0.338 e. The van der Waals surface area contributed by atoms with Gasteiger partial charge in [-0.2, -0.15) is 0 Å². The monoisotopic (exact) mass is 596 g/mol. The number of benzene rings is 1. The number of nitrogens with one attached hydrogen (secondary N) is 2. The van der Waals surface area contributed by atoms with E-state index in [9.17, 15) is 22.8 Å². The fourth-order valence-electron chi connectivity index (χ4n) is 4.28. The second-order valence-electron chi connectivity index (χ2n) is 8.83. The van der Waals surface area contributed by atoms with E-state index in [2.05, 4.69) is 10.3 Å². The van der Waals surface area contributed by atoms with Gasteiger partial charge in [-0.25, -0.2) is 13.2 Å². The van der Waals surface area contributed by atoms with Crippen LogP contribution in [0.15, 0.2) is 85.2 Å². The van der Waals surface area contributed by atoms with Crippen LogP contribution in [0.25, 0.3) is 17.5 Å². The van der Waals surface area contributed by atoms with Crippen LogP contribution in [0.1, 0.15) is 29.9 Å². The highest BCUT2D eigenvalue weighted by atomic mass is 32.2. The molecule has 0 saturated carbocycles. The van der Waals surface area contributed by atoms with Crippen LogP contribution in [0.2, 0.25) is 0 Å². The van der Waals surface area contributed by atoms with Gasteiger partial charge in [-0.3, -0.25) is 19.6 Å². The van der Waals surface area contributed by atoms with E-state index in [0.717, 1.165) is 21.5 Å². The molecule has 1 unspecified atom stereocenters. The van der Waals surface area contributed by atoms with Gasteiger partial charge in [0.05, 0.1) is 45.6 Å². The molecule has 5 rings (SSSR count). The summed E-state index contributed by atoms with van der Waals surface area (Å²) in [7, 11) is -4.18. The number of carbonyl (C=O) groups excluding carboxylic acids is 2. The summed E-state index contributed by atoms with van der Waals surface area (Å²) in [5.74, 6) is -2.80. The number of hydrazine groups is 1. The van der Waals surface area contributed by atoms with E-state index in [-0.39, 0.29) is 43.4 Å². The van der Waals surface area contributed by atoms with Crippen molar-refractivity contribution < 1.29 is 31.6 Å². The number of amides is 1. The van der Waals surface area contributed by atoms with Gasteiger partial charge in [0.1, 0.15) is 22.0 Å². The minimum Gasteiger partial charge on any atom is -0.468 e. The third kappa shape index (κ3) is 5.27. The molecule has 1 aliphatic rings. The van der Waals surface area contributed by atoms with E-state index in [4.69, 9.17) is 19.3 Å². The van der Waals surface area contributed by atoms with E-state index < -0.39 is 33.4 Å². The number of hydrogen-bond acceptors (Lipinski definition) is 10. The summed E-state index contributed by atoms with van der Waals surface area (Å²) in [5, 5.41) is 0. The number of nitrogens with two attached hydrogens (primary N) is 1. The van der Waals surface area contributed by atoms with Crippen LogP contribution in [0.3, 0.4) is 0 Å². The average molecular weight is 597 g/mol. The lowest BCUT2D eigenvalue weighted by Crippen LogP contribution is -2.47. The number of aryl methyl sites for hydroxylation is 1. The van der Waals surface area contributed by atoms with Crippen molar-refractivity contribution in [3.05, 3.63) is 103 Å². The van der Waals surface area contributed by atoms with Crippen LogP contribution in [0.5, 0.6) is 0 Å². The fourth-order valence-corrected chi connectivity index (χ4v) is 6.27. The Hall–Kier alpha value is -4.66. The lowest BCUT2D eigenvalue weighted by molar-refractivity contribution is -0.138. The van der Waals surface area contributed by atoms with Gasteiger partial charge in [-0.1, -0.05) is 17.7 Å². The first-order valence-electron chi connectivity index (χ1n) is 12.2. The van der Waals surface area contributed by atoms with E-state index in [1.165, 1.54) is 36.8 Å². The Bertz CT molecular complexity index is 1930. The summed E-state index contributed by atoms with van der Waals surface area (Å²) in [4.78, 5) is 42.5. The number of furan rings is 2. The van der Waals surface area contributed by atoms with Gasteiger partial charge in [0.15, 0.2) is 0 Å². The standard InChI is InChI=1S/C27H24N4O8S2/c1-3-37-27(34)21-20(18-7-5-13-39-18)22(24(32)29-30-41(35,36)17-10-8-15(2)9-11-17)26-31(23(21)28)25(33)19(40-26)14-16-6-4-12-38-16/h4-14,20,30H,3,28H2,1-2H3,(H,29,32)/b19-14-. The molecule has 12 nitrogen and oxygen atoms in total. The smallest absolute Gasteiger partial charge is 0.338 e. The summed E-state index contributed by atoms with van der Waals surface area (Å²) < 4.78 is 43.2. The molecule has 0 spiro atoms. The molecule has 0 saturated heterocycles. The number of esters is 1. The molecule has 0 fully saturated rings. The van der Waals surface area contributed by atoms with Crippen LogP contribution in [0.4, 0.5) is 0 Å². The molecule has 14 heteroatoms. The molecule has 41 heavy (non-hydrogen) atoms. The predicted octanol–water partition coefficient (Wildman–Crippen LogP) is 0.881. The summed E-state index contributed by atoms with van der Waals surface area (Å²) in [6.07, 6.45) is 4.24. The van der Waals surface area contributed by atoms with Crippen LogP contribution >= 0.6 is 11.3 Å². The number of thiazole rings is 1. The first kappa shape index (κ1) is 27.9. The van der Waals surface area contributed by atoms with Crippen LogP contribution in [0, 0.1) is 6.92 Å². The van der Waals surface area contributed by atoms with Crippen molar-refractivity contribution in [2.45, 2.75) is 24.7 Å². The van der Waals surface area contributed by atoms with E-state index in [0.29, 0.717) is 5.76 Å². The van der Waals surface area contributed by atoms with Crippen molar-refractivity contribution in [1.82, 2.24) is 14.8 Å². The third-order valence-corrected chi connectivity index (χ3v) is 8.53. The Balaban J connectivity index is 1.70. The largest absolute Gasteiger partial charge is 0.468 e. The summed E-state index contributed by atoms with van der Waals surface area (Å²) in [5.41, 5.74) is 8.47. The Morgan fingerprint density at radius 3 is 2.44 bits per heavy atom. The van der Waals surface area contributed by atoms with Gasteiger partial charge in [0, 0.05) is 6.08 Å². The number of rotatable bonds is 8. The zero-order chi connectivity index (χ0) is 29.3. The average Bonchev–Trinajstić information content (AvgIpc) is 3.71. The highest BCUT2D eigenvalue weighted by molar-refractivity contribution is 7.89. The van der Waals surface area contributed by atoms with Gasteiger partial charge in [0.2, 0.25) is 0 Å². The second-order valence-corrected chi connectivity index (χ2v) is 11.5. The Labute approximate surface area is 237 Å². The molecule has 1 aromatic carbocycles. The second kappa shape index (κ2) is 11.1. The number of ether oxygens (including phenoxy) is 1. The Morgan fingerprint density at radius 1 is 1.10 bits per heavy atom. The molecule has 3 aromatic heterocycles. The number of hydrogen-bond donors (Lipinski definition) is 3. The van der Waals surface area contributed by atoms with Crippen molar-refractivity contribution in [2.24, 2.45) is 5.73 Å². The number of carbonyl (C=O) groups is 2. The topological polar surface area (TPSA) is 176 Å². The minimum atomic E-state index is -4.18. The zero-order valence-electron chi connectivity index (χ0n) is 21.7. The van der Waals surface area contributed by atoms with Gasteiger partial charge < -0.3 is 19.3 Å². The van der Waals surface area contributed by atoms with Crippen molar-refractivity contribution in [2.75, 3.05) is 6.61 Å². The normalized spacial score (nSPS) is 15.6. The van der Waals surface area contributed by atoms with E-state index >= 15 is 0 Å². The molecule has 1 atom stereocenters. The van der Waals surface area contributed by atoms with Gasteiger partial charge in [0.25, 0.3) is 21.5 Å². The lowest BCUT2D eigenvalue weighted by atomic mass is 9.86. The maximum absolute atomic E-state index is 13.8. The SMILES string of the molecule is CCOC(=O)C1=C(N)n2c(s/c(=C\c3ccco3)c2=O)=C(C(=O)NNS(=O)(=O)c2ccc(C)cc2)C1c1ccco1. The molecule has 4 N–H and O–H groups in total. The van der Waals surface area contributed by atoms with Crippen LogP contribution in [-0.4, -0.2) is 31.5 Å². The fraction of sp³-hybridized carbons (Fsp3) is 0.148. The molecule has 1 aliphatic heterocycles. The predicted molar refractivity (Wildman–Crippen MR) is 149 cm³/mol. The molecule has 0 bridgehead atoms. The van der Waals surface area contributed by atoms with Crippen LogP contribution in [-0.2, 0) is 24.3 Å². The molecular formula is C27H24N4O8S2. The molecule has 4 aromatic rings. The molecular weight excluding hydrogens is 572 g/mol. The molecule has 0 radical (unpaired) electrons. The van der Waals surface area contributed by atoms with Crippen LogP contribution < -0.4 is 30.7 Å². The van der Waals surface area contributed by atoms with Gasteiger partial charge in [-0.05, 0) is 50.2 Å². The van der Waals surface area contributed by atoms with Crippen molar-refractivity contribution >= 4 is 50.7 Å². The van der Waals surface area contributed by atoms with Crippen molar-refractivity contribution in [3.8, 4) is 0 Å². The number of fused-ring (bicyclic) bond motifs is 1. The van der Waals surface area contributed by atoms with Crippen molar-refractivity contribution in [3.63, 3.8) is 0 Å². The quantitative estimate of drug-likeness (QED) is 0.197. The molecule has 1 amide bonds. The van der Waals surface area contributed by atoms with E-state index in [1.807, 2.05) is 0 Å². The number of nitrogens with zero attached hydrogens (tertiary/aromatic N) is 1. The maximum atomic E-state index is 13.8. The van der Waals surface area contributed by atoms with Crippen molar-refractivity contribution in [1.29, 1.82) is 0 Å². The Kier molecular flexibility index (Phi) is 7.53. The third-order valence-electron chi connectivity index (χ3n) is 6.16. The highest BCUT2D eigenvalue weighted by Gasteiger charge is 2.41. The summed E-state index contributed by atoms with van der Waals surface area (Å²) >= 11 is 0.912. The molecule has 212 valence electrons. The molecule has 4 heterocycles. The van der Waals surface area contributed by atoms with Gasteiger partial charge in [-0.15, -0.1) is 16.2 Å². The first-order valence-corrected chi connectivity index (χ1v) is 14.5. The zero-order valence-corrected chi connectivity index (χ0v) is 23.4. The lowest BCUT2D eigenvalue weighted by Gasteiger charge is -2.25. The first-order chi connectivity index (χ1) is 19.6. The summed E-state index contributed by atoms with van der Waals surface area (Å²) in [6, 6.07) is 12.4. The number of aromatic nitrogens is 1. The van der Waals surface area contributed by atoms with Gasteiger partial charge >= 0.3 is 5.97 Å². The Morgan fingerprint density at radius 2 is 1.80 bits per heavy atom. The minimum absolute atomic E-state index is 0.0126. The highest BCUT2D eigenvalue weighted by Crippen LogP contribution is 2.37. The molecule has 0 aliphatic carbocycles. The summed E-state index contributed by atoms with van der Waals surface area (Å²) in [6.45, 7) is 3.38. The number of sulfonamides is 1.